The summed E-state index contributed by atoms with van der Waals surface area (Å²) in [5, 5.41) is 0. The van der Waals surface area contributed by atoms with Gasteiger partial charge in [0.25, 0.3) is 0 Å². The molecular weight excluding hydrogens is 364 g/mol. The fourth-order valence-electron chi connectivity index (χ4n) is 5.53. The first kappa shape index (κ1) is 27.3. The molecule has 0 N–H and O–H groups in total. The zero-order chi connectivity index (χ0) is 24.5. The van der Waals surface area contributed by atoms with Crippen LogP contribution in [0, 0.1) is 16.2 Å². The van der Waals surface area contributed by atoms with E-state index in [-0.39, 0.29) is 32.9 Å². The van der Waals surface area contributed by atoms with E-state index in [2.05, 4.69) is 135 Å². The maximum atomic E-state index is 2.52. The molecule has 176 valence electrons. The lowest BCUT2D eigenvalue weighted by atomic mass is 9.53. The number of rotatable bonds is 0. The molecule has 0 radical (unpaired) electrons. The van der Waals surface area contributed by atoms with Gasteiger partial charge in [0.1, 0.15) is 0 Å². The summed E-state index contributed by atoms with van der Waals surface area (Å²) in [6.07, 6.45) is 0. The van der Waals surface area contributed by atoms with Gasteiger partial charge in [-0.1, -0.05) is 52.7 Å². The molecule has 0 aromatic heterocycles. The fraction of sp³-hybridized carbons (Fsp3) is 0.857. The van der Waals surface area contributed by atoms with Gasteiger partial charge in [-0.25, -0.2) is 0 Å². The van der Waals surface area contributed by atoms with Crippen LogP contribution in [0.25, 0.3) is 0 Å². The van der Waals surface area contributed by atoms with Gasteiger partial charge in [-0.2, -0.15) is 0 Å². The van der Waals surface area contributed by atoms with Crippen molar-refractivity contribution in [3.8, 4) is 0 Å². The summed E-state index contributed by atoms with van der Waals surface area (Å²) in [6.45, 7) is 37.4. The van der Waals surface area contributed by atoms with Crippen LogP contribution in [-0.4, -0.2) is 40.5 Å². The van der Waals surface area contributed by atoms with Crippen LogP contribution in [0.2, 0.25) is 0 Å². The molecule has 2 aliphatic rings. The second-order valence-corrected chi connectivity index (χ2v) is 13.1. The van der Waals surface area contributed by atoms with Crippen molar-refractivity contribution in [2.24, 2.45) is 16.2 Å². The smallest absolute Gasteiger partial charge is 0.0398 e. The first-order valence-corrected chi connectivity index (χ1v) is 11.8. The van der Waals surface area contributed by atoms with E-state index in [1.807, 2.05) is 0 Å². The molecule has 0 aromatic carbocycles. The lowest BCUT2D eigenvalue weighted by molar-refractivity contribution is -0.0422. The summed E-state index contributed by atoms with van der Waals surface area (Å²) in [4.78, 5) is 4.95. The van der Waals surface area contributed by atoms with Gasteiger partial charge < -0.3 is 4.90 Å². The number of hydrogen-bond donors (Lipinski definition) is 0. The minimum absolute atomic E-state index is 0.170. The van der Waals surface area contributed by atoms with Crippen molar-refractivity contribution in [3.63, 3.8) is 0 Å². The summed E-state index contributed by atoms with van der Waals surface area (Å²) >= 11 is 0. The summed E-state index contributed by atoms with van der Waals surface area (Å²) in [5.74, 6) is 0. The third-order valence-electron chi connectivity index (χ3n) is 11.5. The van der Waals surface area contributed by atoms with Crippen molar-refractivity contribution in [1.29, 1.82) is 0 Å². The molecule has 0 saturated heterocycles. The highest BCUT2D eigenvalue weighted by atomic mass is 15.2. The largest absolute Gasteiger partial charge is 0.372 e. The Morgan fingerprint density at radius 3 is 1.30 bits per heavy atom. The van der Waals surface area contributed by atoms with Gasteiger partial charge in [-0.15, -0.1) is 0 Å². The number of allylic oxidation sites excluding steroid dienone is 2. The number of likely N-dealkylation sites (N-methyl/N-ethyl adjacent to an activating group) is 1. The topological polar surface area (TPSA) is 6.48 Å². The van der Waals surface area contributed by atoms with Crippen LogP contribution >= 0.6 is 0 Å². The monoisotopic (exact) mass is 418 g/mol. The van der Waals surface area contributed by atoms with Gasteiger partial charge in [-0.05, 0) is 92.7 Å². The van der Waals surface area contributed by atoms with Gasteiger partial charge in [0.2, 0.25) is 0 Å². The van der Waals surface area contributed by atoms with Gasteiger partial charge in [0.15, 0.2) is 0 Å². The SMILES string of the molecule is CC1=C(C)C(C)(C)C(C)(C)C(C)(C)N1C.CC1=C(C)C(C)(C)C(C)(C)N(C)C1(C)C. The molecule has 2 aliphatic heterocycles. The Morgan fingerprint density at radius 2 is 0.900 bits per heavy atom. The van der Waals surface area contributed by atoms with E-state index in [0.29, 0.717) is 0 Å². The van der Waals surface area contributed by atoms with Gasteiger partial charge >= 0.3 is 0 Å². The van der Waals surface area contributed by atoms with Crippen molar-refractivity contribution in [1.82, 2.24) is 9.80 Å². The minimum Gasteiger partial charge on any atom is -0.372 e. The minimum atomic E-state index is 0.170. The van der Waals surface area contributed by atoms with Crippen LogP contribution in [0.5, 0.6) is 0 Å². The van der Waals surface area contributed by atoms with E-state index in [4.69, 9.17) is 0 Å². The average Bonchev–Trinajstić information content (AvgIpc) is 2.62. The van der Waals surface area contributed by atoms with Crippen LogP contribution in [-0.2, 0) is 0 Å². The van der Waals surface area contributed by atoms with Gasteiger partial charge in [-0.3, -0.25) is 4.90 Å². The van der Waals surface area contributed by atoms with Crippen LogP contribution in [0.3, 0.4) is 0 Å². The van der Waals surface area contributed by atoms with Crippen molar-refractivity contribution in [3.05, 3.63) is 22.4 Å². The molecule has 0 fully saturated rings. The summed E-state index contributed by atoms with van der Waals surface area (Å²) in [6, 6.07) is 0. The Morgan fingerprint density at radius 1 is 0.500 bits per heavy atom. The highest BCUT2D eigenvalue weighted by molar-refractivity contribution is 5.34. The summed E-state index contributed by atoms with van der Waals surface area (Å²) in [5.41, 5.74) is 7.35. The molecule has 30 heavy (non-hydrogen) atoms. The van der Waals surface area contributed by atoms with Gasteiger partial charge in [0, 0.05) is 34.8 Å². The molecule has 0 aliphatic carbocycles. The van der Waals surface area contributed by atoms with Crippen molar-refractivity contribution < 1.29 is 0 Å². The summed E-state index contributed by atoms with van der Waals surface area (Å²) in [7, 11) is 4.47. The zero-order valence-electron chi connectivity index (χ0n) is 23.9. The van der Waals surface area contributed by atoms with E-state index < -0.39 is 0 Å². The number of hydrogen-bond acceptors (Lipinski definition) is 2. The average molecular weight is 419 g/mol. The Hall–Kier alpha value is -0.760. The number of nitrogens with zero attached hydrogens (tertiary/aromatic N) is 2. The third kappa shape index (κ3) is 3.40. The van der Waals surface area contributed by atoms with Crippen molar-refractivity contribution >= 4 is 0 Å². The molecular formula is C28H54N2. The highest BCUT2D eigenvalue weighted by Gasteiger charge is 2.54. The maximum absolute atomic E-state index is 2.52. The van der Waals surface area contributed by atoms with Crippen LogP contribution in [0.4, 0.5) is 0 Å². The molecule has 0 amide bonds. The molecule has 0 unspecified atom stereocenters. The van der Waals surface area contributed by atoms with E-state index in [1.165, 1.54) is 16.8 Å². The third-order valence-corrected chi connectivity index (χ3v) is 11.5. The van der Waals surface area contributed by atoms with Crippen LogP contribution < -0.4 is 0 Å². The van der Waals surface area contributed by atoms with Crippen LogP contribution in [0.15, 0.2) is 22.4 Å². The Bertz CT molecular complexity index is 737. The second-order valence-electron chi connectivity index (χ2n) is 13.1. The molecule has 2 heterocycles. The predicted octanol–water partition coefficient (Wildman–Crippen LogP) is 7.91. The lowest BCUT2D eigenvalue weighted by Crippen LogP contribution is -2.64. The molecule has 0 saturated carbocycles. The molecule has 2 nitrogen and oxygen atoms in total. The van der Waals surface area contributed by atoms with E-state index in [9.17, 15) is 0 Å². The first-order chi connectivity index (χ1) is 12.9. The fourth-order valence-corrected chi connectivity index (χ4v) is 5.53. The Kier molecular flexibility index (Phi) is 6.72. The quantitative estimate of drug-likeness (QED) is 0.369. The molecule has 0 bridgehead atoms. The summed E-state index contributed by atoms with van der Waals surface area (Å²) < 4.78 is 0. The molecule has 0 aromatic rings. The molecule has 0 atom stereocenters. The van der Waals surface area contributed by atoms with Crippen molar-refractivity contribution in [2.45, 2.75) is 127 Å². The maximum Gasteiger partial charge on any atom is 0.0398 e. The van der Waals surface area contributed by atoms with Crippen LogP contribution in [0.1, 0.15) is 111 Å². The van der Waals surface area contributed by atoms with E-state index >= 15 is 0 Å². The Labute approximate surface area is 190 Å². The zero-order valence-corrected chi connectivity index (χ0v) is 23.9. The molecule has 2 rings (SSSR count). The second kappa shape index (κ2) is 7.39. The standard InChI is InChI=1S/2C14H27N/c1-10-11(2)15(9)14(7,8)13(5,6)12(10,3)4;1-10-11(2)13(5,6)15(9)14(7,8)12(10,3)4/h2*1-9H3. The Balaban J connectivity index is 0.000000300. The predicted molar refractivity (Wildman–Crippen MR) is 136 cm³/mol. The first-order valence-electron chi connectivity index (χ1n) is 11.8. The normalized spacial score (nSPS) is 28.8. The van der Waals surface area contributed by atoms with Gasteiger partial charge in [0.05, 0.1) is 0 Å². The van der Waals surface area contributed by atoms with E-state index in [1.54, 1.807) is 5.57 Å². The highest BCUT2D eigenvalue weighted by Crippen LogP contribution is 2.57. The lowest BCUT2D eigenvalue weighted by Gasteiger charge is -2.61. The van der Waals surface area contributed by atoms with E-state index in [0.717, 1.165) is 0 Å². The molecule has 0 spiro atoms. The van der Waals surface area contributed by atoms with Crippen molar-refractivity contribution in [2.75, 3.05) is 14.1 Å². The molecule has 2 heteroatoms.